The molecule has 0 heterocycles. The Hall–Kier alpha value is -2.83. The Labute approximate surface area is 380 Å². The molecule has 0 aromatic carbocycles. The molecule has 0 spiro atoms. The first kappa shape index (κ1) is 59.2. The number of allylic oxidation sites excluding steroid dienone is 10. The van der Waals surface area contributed by atoms with Crippen LogP contribution in [0.1, 0.15) is 136 Å². The highest BCUT2D eigenvalue weighted by Gasteiger charge is 2.51. The van der Waals surface area contributed by atoms with Crippen LogP contribution in [0.5, 0.6) is 0 Å². The van der Waals surface area contributed by atoms with E-state index in [0.717, 1.165) is 64.2 Å². The number of hydrogen-bond acceptors (Lipinski definition) is 15. The van der Waals surface area contributed by atoms with Crippen LogP contribution in [-0.4, -0.2) is 132 Å². The number of esters is 2. The van der Waals surface area contributed by atoms with Crippen molar-refractivity contribution in [1.82, 2.24) is 0 Å². The number of aliphatic hydroxyl groups is 8. The lowest BCUT2D eigenvalue weighted by atomic mass is 9.85. The third-order valence-corrected chi connectivity index (χ3v) is 11.4. The zero-order valence-corrected chi connectivity index (χ0v) is 38.8. The molecular formula is C47H79O16P. The summed E-state index contributed by atoms with van der Waals surface area (Å²) in [6, 6.07) is 0. The van der Waals surface area contributed by atoms with Crippen molar-refractivity contribution in [2.45, 2.75) is 197 Å². The molecule has 64 heavy (non-hydrogen) atoms. The molecule has 0 bridgehead atoms. The molecule has 16 nitrogen and oxygen atoms in total. The fourth-order valence-electron chi connectivity index (χ4n) is 6.46. The van der Waals surface area contributed by atoms with Gasteiger partial charge in [-0.2, -0.15) is 0 Å². The molecule has 0 radical (unpaired) electrons. The van der Waals surface area contributed by atoms with Gasteiger partial charge in [0.05, 0.1) is 24.9 Å². The van der Waals surface area contributed by atoms with Gasteiger partial charge in [-0.25, -0.2) is 4.57 Å². The van der Waals surface area contributed by atoms with Gasteiger partial charge in [-0.05, 0) is 57.8 Å². The highest BCUT2D eigenvalue weighted by atomic mass is 31.2. The molecule has 11 atom stereocenters. The number of rotatable bonds is 36. The van der Waals surface area contributed by atoms with E-state index in [1.165, 1.54) is 25.3 Å². The molecular weight excluding hydrogens is 851 g/mol. The molecule has 3 unspecified atom stereocenters. The summed E-state index contributed by atoms with van der Waals surface area (Å²) in [6.07, 6.45) is 20.1. The van der Waals surface area contributed by atoms with E-state index in [2.05, 4.69) is 38.2 Å². The van der Waals surface area contributed by atoms with Gasteiger partial charge in [0, 0.05) is 12.8 Å². The second-order valence-corrected chi connectivity index (χ2v) is 17.5. The Morgan fingerprint density at radius 2 is 1.12 bits per heavy atom. The number of phosphoric ester groups is 1. The molecule has 17 heteroatoms. The van der Waals surface area contributed by atoms with Crippen molar-refractivity contribution in [2.75, 3.05) is 13.2 Å². The lowest BCUT2D eigenvalue weighted by Gasteiger charge is -2.41. The van der Waals surface area contributed by atoms with E-state index in [-0.39, 0.29) is 25.7 Å². The number of unbranched alkanes of at least 4 members (excludes halogenated alkanes) is 10. The van der Waals surface area contributed by atoms with Crippen LogP contribution in [0.4, 0.5) is 0 Å². The van der Waals surface area contributed by atoms with Gasteiger partial charge < -0.3 is 55.2 Å². The highest BCUT2D eigenvalue weighted by molar-refractivity contribution is 7.47. The smallest absolute Gasteiger partial charge is 0.462 e. The Morgan fingerprint density at radius 1 is 0.594 bits per heavy atom. The maximum atomic E-state index is 12.8. The van der Waals surface area contributed by atoms with E-state index in [1.807, 2.05) is 0 Å². The van der Waals surface area contributed by atoms with Crippen LogP contribution in [0.25, 0.3) is 0 Å². The molecule has 1 saturated carbocycles. The molecule has 1 rings (SSSR count). The second-order valence-electron chi connectivity index (χ2n) is 16.1. The van der Waals surface area contributed by atoms with Crippen molar-refractivity contribution in [3.05, 3.63) is 72.9 Å². The molecule has 0 aromatic heterocycles. The zero-order chi connectivity index (χ0) is 47.6. The van der Waals surface area contributed by atoms with Gasteiger partial charge in [-0.1, -0.05) is 138 Å². The van der Waals surface area contributed by atoms with E-state index in [1.54, 1.807) is 42.5 Å². The van der Waals surface area contributed by atoms with Crippen LogP contribution in [0, 0.1) is 0 Å². The number of carbonyl (C=O) groups excluding carboxylic acids is 2. The SMILES string of the molecule is CCCCC/C=C\C/C=C\CCCCCCCC(=O)OC[C@H](COP(=O)(O)OC1[C@H](O)[C@H](O)C(O)[C@H](O)[C@H]1O)OC(=O)CCC[C@H](O)[C@@H](O)/C=C/C=C/C=C\C=C\[C@@H](O)CCCCC. The zero-order valence-electron chi connectivity index (χ0n) is 37.9. The van der Waals surface area contributed by atoms with Gasteiger partial charge in [0.25, 0.3) is 0 Å². The number of carbonyl (C=O) groups is 2. The van der Waals surface area contributed by atoms with Crippen LogP contribution in [-0.2, 0) is 32.7 Å². The largest absolute Gasteiger partial charge is 0.472 e. The van der Waals surface area contributed by atoms with Crippen molar-refractivity contribution in [1.29, 1.82) is 0 Å². The van der Waals surface area contributed by atoms with Gasteiger partial charge in [0.2, 0.25) is 0 Å². The molecule has 0 aromatic rings. The van der Waals surface area contributed by atoms with Crippen LogP contribution >= 0.6 is 7.82 Å². The quantitative estimate of drug-likeness (QED) is 0.0121. The highest BCUT2D eigenvalue weighted by Crippen LogP contribution is 2.47. The van der Waals surface area contributed by atoms with Gasteiger partial charge in [-0.15, -0.1) is 0 Å². The summed E-state index contributed by atoms with van der Waals surface area (Å²) in [4.78, 5) is 35.7. The minimum Gasteiger partial charge on any atom is -0.462 e. The molecule has 0 saturated heterocycles. The van der Waals surface area contributed by atoms with Gasteiger partial charge >= 0.3 is 19.8 Å². The molecule has 0 amide bonds. The Bertz CT molecular complexity index is 1450. The number of aliphatic hydroxyl groups excluding tert-OH is 8. The minimum absolute atomic E-state index is 0.00255. The van der Waals surface area contributed by atoms with E-state index in [9.17, 15) is 59.9 Å². The normalized spacial score (nSPS) is 23.7. The minimum atomic E-state index is -5.22. The number of ether oxygens (including phenoxy) is 2. The summed E-state index contributed by atoms with van der Waals surface area (Å²) in [5.74, 6) is -1.45. The third-order valence-electron chi connectivity index (χ3n) is 10.4. The van der Waals surface area contributed by atoms with Gasteiger partial charge in [-0.3, -0.25) is 18.6 Å². The maximum Gasteiger partial charge on any atom is 0.472 e. The molecule has 1 aliphatic rings. The molecule has 368 valence electrons. The lowest BCUT2D eigenvalue weighted by molar-refractivity contribution is -0.220. The van der Waals surface area contributed by atoms with E-state index in [4.69, 9.17) is 18.5 Å². The van der Waals surface area contributed by atoms with Crippen LogP contribution in [0.2, 0.25) is 0 Å². The maximum absolute atomic E-state index is 12.8. The second kappa shape index (κ2) is 36.3. The molecule has 0 aliphatic heterocycles. The first-order valence-corrected chi connectivity index (χ1v) is 24.6. The number of hydrogen-bond donors (Lipinski definition) is 9. The fraction of sp³-hybridized carbons (Fsp3) is 0.702. The monoisotopic (exact) mass is 931 g/mol. The van der Waals surface area contributed by atoms with Crippen molar-refractivity contribution in [2.24, 2.45) is 0 Å². The Kier molecular flexibility index (Phi) is 33.6. The lowest BCUT2D eigenvalue weighted by Crippen LogP contribution is -2.64. The summed E-state index contributed by atoms with van der Waals surface area (Å²) in [6.45, 7) is 2.85. The van der Waals surface area contributed by atoms with Gasteiger partial charge in [0.15, 0.2) is 6.10 Å². The van der Waals surface area contributed by atoms with Crippen molar-refractivity contribution >= 4 is 19.8 Å². The standard InChI is InChI=1S/C47H79O16P/c1-3-5-7-8-9-10-11-12-13-14-15-16-17-22-26-32-40(51)60-34-37(35-61-64(58,59)63-47-45(56)43(54)42(53)44(55)46(47)57)62-41(52)33-27-31-39(50)38(49)30-25-21-19-18-20-24-29-36(48)28-23-6-4-2/h9-10,12-13,18-21,24-25,29-30,36-39,42-50,53-57H,3-8,11,14-17,22-23,26-28,31-35H2,1-2H3,(H,58,59)/b10-9-,13-12-,20-18-,21-19+,29-24+,30-25+/t36-,37+,38-,39-,42?,43-,44+,45+,46+,47?/m0/s1. The fourth-order valence-corrected chi connectivity index (χ4v) is 7.44. The summed E-state index contributed by atoms with van der Waals surface area (Å²) in [5.41, 5.74) is 0. The average Bonchev–Trinajstić information content (AvgIpc) is 3.26. The molecule has 9 N–H and O–H groups in total. The topological polar surface area (TPSA) is 270 Å². The molecule has 1 fully saturated rings. The van der Waals surface area contributed by atoms with Gasteiger partial charge in [0.1, 0.15) is 43.2 Å². The predicted molar refractivity (Wildman–Crippen MR) is 243 cm³/mol. The molecule has 1 aliphatic carbocycles. The number of phosphoric acid groups is 1. The first-order valence-electron chi connectivity index (χ1n) is 23.1. The van der Waals surface area contributed by atoms with Crippen LogP contribution in [0.15, 0.2) is 72.9 Å². The van der Waals surface area contributed by atoms with Crippen LogP contribution < -0.4 is 0 Å². The summed E-state index contributed by atoms with van der Waals surface area (Å²) < 4.78 is 33.2. The summed E-state index contributed by atoms with van der Waals surface area (Å²) in [5, 5.41) is 80.7. The Balaban J connectivity index is 2.64. The van der Waals surface area contributed by atoms with E-state index in [0.29, 0.717) is 12.8 Å². The van der Waals surface area contributed by atoms with Crippen molar-refractivity contribution < 1.29 is 78.4 Å². The Morgan fingerprint density at radius 3 is 1.77 bits per heavy atom. The summed E-state index contributed by atoms with van der Waals surface area (Å²) >= 11 is 0. The van der Waals surface area contributed by atoms with Crippen molar-refractivity contribution in [3.63, 3.8) is 0 Å². The van der Waals surface area contributed by atoms with Crippen LogP contribution in [0.3, 0.4) is 0 Å². The van der Waals surface area contributed by atoms with E-state index >= 15 is 0 Å². The summed E-state index contributed by atoms with van der Waals surface area (Å²) in [7, 11) is -5.22. The predicted octanol–water partition coefficient (Wildman–Crippen LogP) is 5.63. The first-order chi connectivity index (χ1) is 30.6. The third kappa shape index (κ3) is 28.3. The average molecular weight is 931 g/mol. The van der Waals surface area contributed by atoms with E-state index < -0.39 is 94.0 Å². The van der Waals surface area contributed by atoms with Crippen molar-refractivity contribution in [3.8, 4) is 0 Å².